The SMILES string of the molecule is CCN1CCCC1CNCc1cc(F)ccc1O. The Balaban J connectivity index is 1.83. The van der Waals surface area contributed by atoms with Crippen molar-refractivity contribution < 1.29 is 9.50 Å². The van der Waals surface area contributed by atoms with E-state index in [2.05, 4.69) is 17.1 Å². The van der Waals surface area contributed by atoms with E-state index in [0.29, 0.717) is 18.2 Å². The van der Waals surface area contributed by atoms with Crippen LogP contribution in [0.15, 0.2) is 18.2 Å². The molecule has 1 aliphatic heterocycles. The molecular formula is C14H21FN2O. The first-order chi connectivity index (χ1) is 8.70. The fraction of sp³-hybridized carbons (Fsp3) is 0.571. The lowest BCUT2D eigenvalue weighted by atomic mass is 10.1. The minimum absolute atomic E-state index is 0.155. The summed E-state index contributed by atoms with van der Waals surface area (Å²) in [5.74, 6) is -0.150. The minimum Gasteiger partial charge on any atom is -0.508 e. The number of halogens is 1. The summed E-state index contributed by atoms with van der Waals surface area (Å²) in [6.07, 6.45) is 2.47. The van der Waals surface area contributed by atoms with Crippen LogP contribution in [0.25, 0.3) is 0 Å². The van der Waals surface area contributed by atoms with Crippen molar-refractivity contribution in [3.63, 3.8) is 0 Å². The Morgan fingerprint density at radius 2 is 2.33 bits per heavy atom. The van der Waals surface area contributed by atoms with Crippen molar-refractivity contribution in [2.75, 3.05) is 19.6 Å². The molecule has 0 spiro atoms. The molecule has 0 saturated carbocycles. The normalized spacial score (nSPS) is 20.4. The van der Waals surface area contributed by atoms with E-state index in [1.807, 2.05) is 0 Å². The van der Waals surface area contributed by atoms with Gasteiger partial charge in [-0.2, -0.15) is 0 Å². The second-order valence-electron chi connectivity index (χ2n) is 4.83. The number of likely N-dealkylation sites (tertiary alicyclic amines) is 1. The number of hydrogen-bond acceptors (Lipinski definition) is 3. The van der Waals surface area contributed by atoms with Gasteiger partial charge in [0.25, 0.3) is 0 Å². The predicted octanol–water partition coefficient (Wildman–Crippen LogP) is 2.11. The van der Waals surface area contributed by atoms with Crippen molar-refractivity contribution in [3.05, 3.63) is 29.6 Å². The zero-order valence-electron chi connectivity index (χ0n) is 10.8. The van der Waals surface area contributed by atoms with E-state index in [4.69, 9.17) is 0 Å². The molecule has 1 aliphatic rings. The van der Waals surface area contributed by atoms with Gasteiger partial charge in [0.15, 0.2) is 0 Å². The summed E-state index contributed by atoms with van der Waals surface area (Å²) in [7, 11) is 0. The van der Waals surface area contributed by atoms with Crippen molar-refractivity contribution in [3.8, 4) is 5.75 Å². The van der Waals surface area contributed by atoms with Crippen LogP contribution in [0.3, 0.4) is 0 Å². The predicted molar refractivity (Wildman–Crippen MR) is 70.0 cm³/mol. The van der Waals surface area contributed by atoms with Crippen LogP contribution in [0.2, 0.25) is 0 Å². The van der Waals surface area contributed by atoms with E-state index < -0.39 is 0 Å². The average molecular weight is 252 g/mol. The van der Waals surface area contributed by atoms with Gasteiger partial charge < -0.3 is 10.4 Å². The summed E-state index contributed by atoms with van der Waals surface area (Å²) in [5, 5.41) is 12.9. The molecule has 0 aromatic heterocycles. The second-order valence-corrected chi connectivity index (χ2v) is 4.83. The van der Waals surface area contributed by atoms with Gasteiger partial charge in [0, 0.05) is 24.7 Å². The molecule has 0 aliphatic carbocycles. The van der Waals surface area contributed by atoms with Gasteiger partial charge in [0.05, 0.1) is 0 Å². The number of benzene rings is 1. The van der Waals surface area contributed by atoms with E-state index >= 15 is 0 Å². The number of nitrogens with zero attached hydrogens (tertiary/aromatic N) is 1. The fourth-order valence-electron chi connectivity index (χ4n) is 2.61. The number of rotatable bonds is 5. The van der Waals surface area contributed by atoms with Gasteiger partial charge in [0.2, 0.25) is 0 Å². The summed E-state index contributed by atoms with van der Waals surface area (Å²) in [6.45, 7) is 5.84. The number of nitrogens with one attached hydrogen (secondary N) is 1. The van der Waals surface area contributed by atoms with Crippen LogP contribution in [0, 0.1) is 5.82 Å². The Hall–Kier alpha value is -1.13. The van der Waals surface area contributed by atoms with Crippen LogP contribution < -0.4 is 5.32 Å². The van der Waals surface area contributed by atoms with Gasteiger partial charge in [-0.05, 0) is 44.1 Å². The zero-order chi connectivity index (χ0) is 13.0. The van der Waals surface area contributed by atoms with E-state index in [-0.39, 0.29) is 11.6 Å². The third kappa shape index (κ3) is 3.21. The molecular weight excluding hydrogens is 231 g/mol. The summed E-state index contributed by atoms with van der Waals surface area (Å²) in [6, 6.07) is 4.63. The Kier molecular flexibility index (Phi) is 4.55. The summed E-state index contributed by atoms with van der Waals surface area (Å²) in [5.41, 5.74) is 0.621. The van der Waals surface area contributed by atoms with Crippen molar-refractivity contribution >= 4 is 0 Å². The van der Waals surface area contributed by atoms with Crippen molar-refractivity contribution in [1.82, 2.24) is 10.2 Å². The summed E-state index contributed by atoms with van der Waals surface area (Å²) >= 11 is 0. The molecule has 100 valence electrons. The molecule has 1 fully saturated rings. The smallest absolute Gasteiger partial charge is 0.123 e. The lowest BCUT2D eigenvalue weighted by Gasteiger charge is -2.23. The highest BCUT2D eigenvalue weighted by molar-refractivity contribution is 5.32. The maximum Gasteiger partial charge on any atom is 0.123 e. The number of phenolic OH excluding ortho intramolecular Hbond substituents is 1. The first kappa shape index (κ1) is 13.3. The molecule has 0 bridgehead atoms. The largest absolute Gasteiger partial charge is 0.508 e. The Labute approximate surface area is 108 Å². The summed E-state index contributed by atoms with van der Waals surface area (Å²) < 4.78 is 13.0. The number of likely N-dealkylation sites (N-methyl/N-ethyl adjacent to an activating group) is 1. The molecule has 1 aromatic rings. The van der Waals surface area contributed by atoms with Gasteiger partial charge in [-0.25, -0.2) is 4.39 Å². The fourth-order valence-corrected chi connectivity index (χ4v) is 2.61. The molecule has 4 heteroatoms. The van der Waals surface area contributed by atoms with Crippen LogP contribution in [-0.4, -0.2) is 35.7 Å². The molecule has 1 atom stereocenters. The maximum absolute atomic E-state index is 13.0. The third-order valence-corrected chi connectivity index (χ3v) is 3.64. The number of phenols is 1. The van der Waals surface area contributed by atoms with E-state index in [1.54, 1.807) is 0 Å². The molecule has 3 nitrogen and oxygen atoms in total. The monoisotopic (exact) mass is 252 g/mol. The van der Waals surface area contributed by atoms with Crippen molar-refractivity contribution in [2.45, 2.75) is 32.4 Å². The van der Waals surface area contributed by atoms with E-state index in [1.165, 1.54) is 37.6 Å². The molecule has 1 aromatic carbocycles. The Morgan fingerprint density at radius 1 is 1.50 bits per heavy atom. The highest BCUT2D eigenvalue weighted by Gasteiger charge is 2.22. The first-order valence-corrected chi connectivity index (χ1v) is 6.63. The van der Waals surface area contributed by atoms with Crippen molar-refractivity contribution in [2.24, 2.45) is 0 Å². The lowest BCUT2D eigenvalue weighted by Crippen LogP contribution is -2.37. The molecule has 0 amide bonds. The highest BCUT2D eigenvalue weighted by atomic mass is 19.1. The van der Waals surface area contributed by atoms with Gasteiger partial charge in [0.1, 0.15) is 11.6 Å². The van der Waals surface area contributed by atoms with Crippen LogP contribution >= 0.6 is 0 Å². The van der Waals surface area contributed by atoms with Crippen LogP contribution in [0.4, 0.5) is 4.39 Å². The number of aromatic hydroxyl groups is 1. The number of hydrogen-bond donors (Lipinski definition) is 2. The minimum atomic E-state index is -0.305. The first-order valence-electron chi connectivity index (χ1n) is 6.63. The zero-order valence-corrected chi connectivity index (χ0v) is 10.8. The molecule has 2 rings (SSSR count). The van der Waals surface area contributed by atoms with E-state index in [9.17, 15) is 9.50 Å². The van der Waals surface area contributed by atoms with Gasteiger partial charge in [-0.1, -0.05) is 6.92 Å². The molecule has 0 radical (unpaired) electrons. The molecule has 2 N–H and O–H groups in total. The van der Waals surface area contributed by atoms with Crippen molar-refractivity contribution in [1.29, 1.82) is 0 Å². The molecule has 18 heavy (non-hydrogen) atoms. The summed E-state index contributed by atoms with van der Waals surface area (Å²) in [4.78, 5) is 2.46. The maximum atomic E-state index is 13.0. The molecule has 1 unspecified atom stereocenters. The van der Waals surface area contributed by atoms with Gasteiger partial charge in [-0.3, -0.25) is 4.90 Å². The van der Waals surface area contributed by atoms with Crippen LogP contribution in [0.5, 0.6) is 5.75 Å². The average Bonchev–Trinajstić information content (AvgIpc) is 2.81. The lowest BCUT2D eigenvalue weighted by molar-refractivity contribution is 0.259. The topological polar surface area (TPSA) is 35.5 Å². The van der Waals surface area contributed by atoms with Gasteiger partial charge in [-0.15, -0.1) is 0 Å². The highest BCUT2D eigenvalue weighted by Crippen LogP contribution is 2.18. The van der Waals surface area contributed by atoms with Crippen LogP contribution in [-0.2, 0) is 6.54 Å². The second kappa shape index (κ2) is 6.16. The van der Waals surface area contributed by atoms with Gasteiger partial charge >= 0.3 is 0 Å². The quantitative estimate of drug-likeness (QED) is 0.842. The van der Waals surface area contributed by atoms with E-state index in [0.717, 1.165) is 13.1 Å². The standard InChI is InChI=1S/C14H21FN2O/c1-2-17-7-3-4-13(17)10-16-9-11-8-12(15)5-6-14(11)18/h5-6,8,13,16,18H,2-4,7,9-10H2,1H3. The molecule has 1 heterocycles. The van der Waals surface area contributed by atoms with Crippen LogP contribution in [0.1, 0.15) is 25.3 Å². The Bertz CT molecular complexity index is 397. The third-order valence-electron chi connectivity index (χ3n) is 3.64. The Morgan fingerprint density at radius 3 is 3.11 bits per heavy atom. The molecule has 1 saturated heterocycles.